The predicted octanol–water partition coefficient (Wildman–Crippen LogP) is 2.12. The molecule has 0 saturated carbocycles. The summed E-state index contributed by atoms with van der Waals surface area (Å²) in [6.45, 7) is 4.87. The van der Waals surface area contributed by atoms with E-state index in [2.05, 4.69) is 23.5 Å². The summed E-state index contributed by atoms with van der Waals surface area (Å²) in [5.74, 6) is 0.995. The van der Waals surface area contributed by atoms with Gasteiger partial charge in [0, 0.05) is 6.54 Å². The lowest BCUT2D eigenvalue weighted by atomic mass is 10.0. The maximum atomic E-state index is 5.48. The molecule has 1 heterocycles. The number of benzene rings is 1. The van der Waals surface area contributed by atoms with Crippen molar-refractivity contribution < 1.29 is 4.74 Å². The van der Waals surface area contributed by atoms with Crippen molar-refractivity contribution in [1.82, 2.24) is 5.32 Å². The highest BCUT2D eigenvalue weighted by atomic mass is 16.5. The highest BCUT2D eigenvalue weighted by Crippen LogP contribution is 2.20. The van der Waals surface area contributed by atoms with E-state index in [-0.39, 0.29) is 0 Å². The lowest BCUT2D eigenvalue weighted by molar-refractivity contribution is 0.339. The summed E-state index contributed by atoms with van der Waals surface area (Å²) >= 11 is 0. The first-order valence-corrected chi connectivity index (χ1v) is 5.35. The van der Waals surface area contributed by atoms with Gasteiger partial charge in [-0.25, -0.2) is 0 Å². The molecule has 14 heavy (non-hydrogen) atoms. The van der Waals surface area contributed by atoms with Crippen molar-refractivity contribution in [3.63, 3.8) is 0 Å². The van der Waals surface area contributed by atoms with Crippen LogP contribution in [0.3, 0.4) is 0 Å². The Kier molecular flexibility index (Phi) is 3.04. The summed E-state index contributed by atoms with van der Waals surface area (Å²) in [6, 6.07) is 6.44. The third-order valence-electron chi connectivity index (χ3n) is 2.60. The maximum Gasteiger partial charge on any atom is 0.119 e. The Balaban J connectivity index is 2.23. The van der Waals surface area contributed by atoms with Crippen LogP contribution in [-0.4, -0.2) is 13.2 Å². The summed E-state index contributed by atoms with van der Waals surface area (Å²) in [4.78, 5) is 0. The molecule has 0 aromatic heterocycles. The fourth-order valence-corrected chi connectivity index (χ4v) is 1.89. The van der Waals surface area contributed by atoms with Crippen molar-refractivity contribution in [3.8, 4) is 5.75 Å². The number of fused-ring (bicyclic) bond motifs is 1. The lowest BCUT2D eigenvalue weighted by Crippen LogP contribution is -2.12. The van der Waals surface area contributed by atoms with Crippen LogP contribution in [0.25, 0.3) is 0 Å². The Morgan fingerprint density at radius 1 is 1.36 bits per heavy atom. The molecule has 1 aliphatic heterocycles. The minimum atomic E-state index is 0.742. The number of rotatable bonds is 2. The maximum absolute atomic E-state index is 5.48. The molecule has 0 saturated heterocycles. The molecule has 76 valence electrons. The molecule has 0 amide bonds. The third kappa shape index (κ3) is 2.07. The van der Waals surface area contributed by atoms with Crippen LogP contribution in [0.4, 0.5) is 0 Å². The second-order valence-corrected chi connectivity index (χ2v) is 3.64. The van der Waals surface area contributed by atoms with Gasteiger partial charge in [-0.2, -0.15) is 0 Å². The zero-order valence-electron chi connectivity index (χ0n) is 8.68. The van der Waals surface area contributed by atoms with Gasteiger partial charge in [-0.05, 0) is 49.6 Å². The Bertz CT molecular complexity index is 309. The Morgan fingerprint density at radius 3 is 3.14 bits per heavy atom. The highest BCUT2D eigenvalue weighted by Gasteiger charge is 2.07. The molecule has 0 spiro atoms. The first-order valence-electron chi connectivity index (χ1n) is 5.35. The summed E-state index contributed by atoms with van der Waals surface area (Å²) in [7, 11) is 0. The lowest BCUT2D eigenvalue weighted by Gasteiger charge is -2.08. The van der Waals surface area contributed by atoms with Crippen LogP contribution in [0.15, 0.2) is 18.2 Å². The van der Waals surface area contributed by atoms with Crippen molar-refractivity contribution in [2.45, 2.75) is 26.3 Å². The second-order valence-electron chi connectivity index (χ2n) is 3.64. The number of hydrogen-bond donors (Lipinski definition) is 1. The van der Waals surface area contributed by atoms with Gasteiger partial charge >= 0.3 is 0 Å². The molecule has 2 nitrogen and oxygen atoms in total. The van der Waals surface area contributed by atoms with Crippen LogP contribution in [0.2, 0.25) is 0 Å². The van der Waals surface area contributed by atoms with Crippen LogP contribution in [0.5, 0.6) is 5.75 Å². The SMILES string of the molecule is CCOc1ccc2c(c1)CNCCC2. The van der Waals surface area contributed by atoms with Crippen LogP contribution >= 0.6 is 0 Å². The molecule has 0 unspecified atom stereocenters. The van der Waals surface area contributed by atoms with Crippen molar-refractivity contribution >= 4 is 0 Å². The quantitative estimate of drug-likeness (QED) is 0.773. The van der Waals surface area contributed by atoms with E-state index in [0.29, 0.717) is 0 Å². The van der Waals surface area contributed by atoms with Crippen molar-refractivity contribution in [2.75, 3.05) is 13.2 Å². The first kappa shape index (κ1) is 9.53. The van der Waals surface area contributed by atoms with Gasteiger partial charge in [-0.15, -0.1) is 0 Å². The van der Waals surface area contributed by atoms with Gasteiger partial charge in [-0.3, -0.25) is 0 Å². The summed E-state index contributed by atoms with van der Waals surface area (Å²) in [5.41, 5.74) is 2.87. The fourth-order valence-electron chi connectivity index (χ4n) is 1.89. The molecule has 0 bridgehead atoms. The molecule has 2 heteroatoms. The molecule has 0 fully saturated rings. The van der Waals surface area contributed by atoms with Crippen molar-refractivity contribution in [1.29, 1.82) is 0 Å². The zero-order chi connectivity index (χ0) is 9.80. The van der Waals surface area contributed by atoms with Gasteiger partial charge in [0.1, 0.15) is 5.75 Å². The van der Waals surface area contributed by atoms with Crippen LogP contribution in [0, 0.1) is 0 Å². The average Bonchev–Trinajstić information content (AvgIpc) is 2.42. The fraction of sp³-hybridized carbons (Fsp3) is 0.500. The highest BCUT2D eigenvalue weighted by molar-refractivity contribution is 5.36. The molecule has 2 rings (SSSR count). The van der Waals surface area contributed by atoms with E-state index in [1.807, 2.05) is 6.92 Å². The number of ether oxygens (including phenoxy) is 1. The van der Waals surface area contributed by atoms with E-state index in [1.54, 1.807) is 0 Å². The van der Waals surface area contributed by atoms with E-state index >= 15 is 0 Å². The van der Waals surface area contributed by atoms with Crippen LogP contribution in [0.1, 0.15) is 24.5 Å². The standard InChI is InChI=1S/C12H17NO/c1-2-14-12-6-5-10-4-3-7-13-9-11(10)8-12/h5-6,8,13H,2-4,7,9H2,1H3. The molecular weight excluding hydrogens is 174 g/mol. The van der Waals surface area contributed by atoms with Crippen LogP contribution < -0.4 is 10.1 Å². The molecule has 1 aromatic rings. The smallest absolute Gasteiger partial charge is 0.119 e. The number of hydrogen-bond acceptors (Lipinski definition) is 2. The molecule has 0 aliphatic carbocycles. The minimum Gasteiger partial charge on any atom is -0.494 e. The number of nitrogens with one attached hydrogen (secondary N) is 1. The summed E-state index contributed by atoms with van der Waals surface area (Å²) in [5, 5.41) is 3.42. The Hall–Kier alpha value is -1.02. The molecule has 1 aliphatic rings. The zero-order valence-corrected chi connectivity index (χ0v) is 8.68. The summed E-state index contributed by atoms with van der Waals surface area (Å²) < 4.78 is 5.48. The van der Waals surface area contributed by atoms with Crippen molar-refractivity contribution in [3.05, 3.63) is 29.3 Å². The van der Waals surface area contributed by atoms with E-state index < -0.39 is 0 Å². The third-order valence-corrected chi connectivity index (χ3v) is 2.60. The predicted molar refractivity (Wildman–Crippen MR) is 57.6 cm³/mol. The van der Waals surface area contributed by atoms with E-state index in [4.69, 9.17) is 4.74 Å². The van der Waals surface area contributed by atoms with Crippen LogP contribution in [-0.2, 0) is 13.0 Å². The van der Waals surface area contributed by atoms with Gasteiger partial charge < -0.3 is 10.1 Å². The Morgan fingerprint density at radius 2 is 2.29 bits per heavy atom. The van der Waals surface area contributed by atoms with Gasteiger partial charge in [0.05, 0.1) is 6.61 Å². The van der Waals surface area contributed by atoms with E-state index in [0.717, 1.165) is 25.4 Å². The molecule has 0 atom stereocenters. The molecule has 1 N–H and O–H groups in total. The molecule has 0 radical (unpaired) electrons. The Labute approximate surface area is 85.3 Å². The van der Waals surface area contributed by atoms with Gasteiger partial charge in [0.25, 0.3) is 0 Å². The van der Waals surface area contributed by atoms with Gasteiger partial charge in [0.15, 0.2) is 0 Å². The van der Waals surface area contributed by atoms with Crippen molar-refractivity contribution in [2.24, 2.45) is 0 Å². The molecule has 1 aromatic carbocycles. The first-order chi connectivity index (χ1) is 6.90. The average molecular weight is 191 g/mol. The normalized spacial score (nSPS) is 15.8. The molecular formula is C12H17NO. The second kappa shape index (κ2) is 4.47. The van der Waals surface area contributed by atoms with E-state index in [9.17, 15) is 0 Å². The number of aryl methyl sites for hydroxylation is 1. The van der Waals surface area contributed by atoms with Gasteiger partial charge in [-0.1, -0.05) is 6.07 Å². The monoisotopic (exact) mass is 191 g/mol. The largest absolute Gasteiger partial charge is 0.494 e. The summed E-state index contributed by atoms with van der Waals surface area (Å²) in [6.07, 6.45) is 2.43. The minimum absolute atomic E-state index is 0.742. The van der Waals surface area contributed by atoms with E-state index in [1.165, 1.54) is 24.0 Å². The van der Waals surface area contributed by atoms with Gasteiger partial charge in [0.2, 0.25) is 0 Å². The topological polar surface area (TPSA) is 21.3 Å².